The minimum absolute atomic E-state index is 0.738. The summed E-state index contributed by atoms with van der Waals surface area (Å²) in [6.45, 7) is 5.93. The van der Waals surface area contributed by atoms with Crippen LogP contribution in [-0.4, -0.2) is 0 Å². The fraction of sp³-hybridized carbons (Fsp3) is 0.333. The number of hydrogen-bond acceptors (Lipinski definition) is 1. The Hall–Kier alpha value is -0.690. The molecule has 0 aromatic heterocycles. The van der Waals surface area contributed by atoms with Gasteiger partial charge in [0.05, 0.1) is 0 Å². The molecule has 0 atom stereocenters. The molecule has 1 rings (SSSR count). The second-order valence-corrected chi connectivity index (χ2v) is 2.44. The van der Waals surface area contributed by atoms with Crippen molar-refractivity contribution < 1.29 is 0 Å². The number of nitrogen functional groups attached to an aromatic ring is 1. The Labute approximate surface area is 73.2 Å². The molecule has 0 amide bonds. The molecule has 2 heteroatoms. The maximum absolute atomic E-state index is 5.66. The van der Waals surface area contributed by atoms with Crippen LogP contribution in [0.25, 0.3) is 0 Å². The van der Waals surface area contributed by atoms with Crippen LogP contribution in [0.4, 0.5) is 5.69 Å². The van der Waals surface area contributed by atoms with E-state index in [-0.39, 0.29) is 0 Å². The number of benzene rings is 1. The molecule has 0 aliphatic rings. The normalized spacial score (nSPS) is 8.36. The van der Waals surface area contributed by atoms with Crippen LogP contribution < -0.4 is 5.73 Å². The highest BCUT2D eigenvalue weighted by Gasteiger charge is 1.91. The number of aryl methyl sites for hydroxylation is 1. The van der Waals surface area contributed by atoms with E-state index in [0.29, 0.717) is 0 Å². The first-order valence-electron chi connectivity index (χ1n) is 3.72. The Morgan fingerprint density at radius 3 is 2.18 bits per heavy atom. The van der Waals surface area contributed by atoms with E-state index in [1.165, 1.54) is 0 Å². The number of rotatable bonds is 0. The van der Waals surface area contributed by atoms with Gasteiger partial charge in [0.15, 0.2) is 0 Å². The lowest BCUT2D eigenvalue weighted by atomic mass is 10.2. The summed E-state index contributed by atoms with van der Waals surface area (Å²) < 4.78 is 0. The van der Waals surface area contributed by atoms with E-state index in [1.807, 2.05) is 26.8 Å². The topological polar surface area (TPSA) is 26.0 Å². The maximum Gasteiger partial charge on any atom is 0.0410 e. The summed E-state index contributed by atoms with van der Waals surface area (Å²) in [7, 11) is 0. The predicted molar refractivity (Wildman–Crippen MR) is 51.9 cm³/mol. The second kappa shape index (κ2) is 5.03. The van der Waals surface area contributed by atoms with Gasteiger partial charge < -0.3 is 5.73 Å². The van der Waals surface area contributed by atoms with Crippen LogP contribution in [0.5, 0.6) is 0 Å². The zero-order valence-electron chi connectivity index (χ0n) is 7.19. The molecule has 62 valence electrons. The molecule has 0 saturated carbocycles. The molecule has 0 spiro atoms. The SMILES string of the molecule is CC.Cc1cc(Cl)ccc1N. The molecule has 0 aliphatic carbocycles. The van der Waals surface area contributed by atoms with Crippen LogP contribution in [0.15, 0.2) is 18.2 Å². The highest BCUT2D eigenvalue weighted by atomic mass is 35.5. The zero-order chi connectivity index (χ0) is 8.85. The van der Waals surface area contributed by atoms with Crippen molar-refractivity contribution in [1.29, 1.82) is 0 Å². The Bertz CT molecular complexity index is 221. The second-order valence-electron chi connectivity index (χ2n) is 2.00. The van der Waals surface area contributed by atoms with Crippen molar-refractivity contribution in [2.24, 2.45) is 0 Å². The first kappa shape index (κ1) is 10.3. The van der Waals surface area contributed by atoms with E-state index in [2.05, 4.69) is 0 Å². The largest absolute Gasteiger partial charge is 0.399 e. The average molecular weight is 172 g/mol. The van der Waals surface area contributed by atoms with Crippen molar-refractivity contribution in [3.63, 3.8) is 0 Å². The fourth-order valence-electron chi connectivity index (χ4n) is 0.639. The van der Waals surface area contributed by atoms with Gasteiger partial charge in [-0.05, 0) is 30.7 Å². The molecular weight excluding hydrogens is 158 g/mol. The Morgan fingerprint density at radius 2 is 1.82 bits per heavy atom. The first-order valence-corrected chi connectivity index (χ1v) is 4.09. The molecule has 0 bridgehead atoms. The number of anilines is 1. The molecule has 2 N–H and O–H groups in total. The zero-order valence-corrected chi connectivity index (χ0v) is 7.94. The van der Waals surface area contributed by atoms with E-state index in [9.17, 15) is 0 Å². The molecule has 0 fully saturated rings. The minimum atomic E-state index is 0.738. The third-order valence-electron chi connectivity index (χ3n) is 1.23. The lowest BCUT2D eigenvalue weighted by molar-refractivity contribution is 1.47. The van der Waals surface area contributed by atoms with Crippen LogP contribution in [0.2, 0.25) is 5.02 Å². The Balaban J connectivity index is 0.000000461. The molecular formula is C9H14ClN. The molecule has 0 heterocycles. The monoisotopic (exact) mass is 171 g/mol. The van der Waals surface area contributed by atoms with Crippen LogP contribution in [0.3, 0.4) is 0 Å². The van der Waals surface area contributed by atoms with Gasteiger partial charge in [0, 0.05) is 10.7 Å². The lowest BCUT2D eigenvalue weighted by Crippen LogP contribution is -1.87. The van der Waals surface area contributed by atoms with Crippen LogP contribution >= 0.6 is 11.6 Å². The maximum atomic E-state index is 5.66. The van der Waals surface area contributed by atoms with Crippen molar-refractivity contribution in [2.45, 2.75) is 20.8 Å². The molecule has 0 unspecified atom stereocenters. The number of hydrogen-bond donors (Lipinski definition) is 1. The van der Waals surface area contributed by atoms with Gasteiger partial charge in [-0.15, -0.1) is 0 Å². The van der Waals surface area contributed by atoms with Gasteiger partial charge >= 0.3 is 0 Å². The van der Waals surface area contributed by atoms with E-state index >= 15 is 0 Å². The van der Waals surface area contributed by atoms with Gasteiger partial charge in [-0.3, -0.25) is 0 Å². The number of nitrogens with two attached hydrogens (primary N) is 1. The van der Waals surface area contributed by atoms with E-state index in [4.69, 9.17) is 17.3 Å². The van der Waals surface area contributed by atoms with Gasteiger partial charge in [0.25, 0.3) is 0 Å². The van der Waals surface area contributed by atoms with Gasteiger partial charge in [-0.25, -0.2) is 0 Å². The molecule has 0 saturated heterocycles. The van der Waals surface area contributed by atoms with Crippen LogP contribution in [0, 0.1) is 6.92 Å². The Morgan fingerprint density at radius 1 is 1.27 bits per heavy atom. The first-order chi connectivity index (χ1) is 5.20. The summed E-state index contributed by atoms with van der Waals surface area (Å²) in [5.74, 6) is 0. The van der Waals surface area contributed by atoms with Gasteiger partial charge in [0.2, 0.25) is 0 Å². The molecule has 0 radical (unpaired) electrons. The van der Waals surface area contributed by atoms with Crippen LogP contribution in [-0.2, 0) is 0 Å². The highest BCUT2D eigenvalue weighted by Crippen LogP contribution is 2.15. The van der Waals surface area contributed by atoms with Gasteiger partial charge in [-0.2, -0.15) is 0 Å². The van der Waals surface area contributed by atoms with E-state index in [0.717, 1.165) is 16.3 Å². The summed E-state index contributed by atoms with van der Waals surface area (Å²) in [5, 5.41) is 0.738. The minimum Gasteiger partial charge on any atom is -0.399 e. The molecule has 1 aromatic carbocycles. The van der Waals surface area contributed by atoms with Crippen molar-refractivity contribution in [3.8, 4) is 0 Å². The Kier molecular flexibility index (Phi) is 4.71. The summed E-state index contributed by atoms with van der Waals surface area (Å²) in [6.07, 6.45) is 0. The van der Waals surface area contributed by atoms with Crippen molar-refractivity contribution in [3.05, 3.63) is 28.8 Å². The fourth-order valence-corrected chi connectivity index (χ4v) is 0.866. The van der Waals surface area contributed by atoms with E-state index < -0.39 is 0 Å². The van der Waals surface area contributed by atoms with Gasteiger partial charge in [-0.1, -0.05) is 25.4 Å². The van der Waals surface area contributed by atoms with Crippen LogP contribution in [0.1, 0.15) is 19.4 Å². The van der Waals surface area contributed by atoms with E-state index in [1.54, 1.807) is 12.1 Å². The highest BCUT2D eigenvalue weighted by molar-refractivity contribution is 6.30. The third kappa shape index (κ3) is 3.28. The third-order valence-corrected chi connectivity index (χ3v) is 1.47. The summed E-state index contributed by atoms with van der Waals surface area (Å²) in [5.41, 5.74) is 7.35. The summed E-state index contributed by atoms with van der Waals surface area (Å²) in [6, 6.07) is 5.43. The van der Waals surface area contributed by atoms with Gasteiger partial charge in [0.1, 0.15) is 0 Å². The van der Waals surface area contributed by atoms with Crippen molar-refractivity contribution in [1.82, 2.24) is 0 Å². The molecule has 1 nitrogen and oxygen atoms in total. The predicted octanol–water partition coefficient (Wildman–Crippen LogP) is 3.26. The van der Waals surface area contributed by atoms with Crippen molar-refractivity contribution in [2.75, 3.05) is 5.73 Å². The lowest BCUT2D eigenvalue weighted by Gasteiger charge is -1.97. The molecule has 11 heavy (non-hydrogen) atoms. The molecule has 1 aromatic rings. The molecule has 0 aliphatic heterocycles. The average Bonchev–Trinajstić information content (AvgIpc) is 2.02. The quantitative estimate of drug-likeness (QED) is 0.596. The summed E-state index contributed by atoms with van der Waals surface area (Å²) in [4.78, 5) is 0. The smallest absolute Gasteiger partial charge is 0.0410 e. The van der Waals surface area contributed by atoms with Crippen molar-refractivity contribution >= 4 is 17.3 Å². The summed E-state index contributed by atoms with van der Waals surface area (Å²) >= 11 is 5.66. The number of halogens is 1. The standard InChI is InChI=1S/C7H8ClN.C2H6/c1-5-4-6(8)2-3-7(5)9;1-2/h2-4H,9H2,1H3;1-2H3.